The van der Waals surface area contributed by atoms with Crippen LogP contribution in [0.2, 0.25) is 0 Å². The van der Waals surface area contributed by atoms with Gasteiger partial charge in [0.15, 0.2) is 6.19 Å². The molecule has 0 aromatic heterocycles. The Balaban J connectivity index is 3.27. The predicted octanol–water partition coefficient (Wildman–Crippen LogP) is 2.74. The normalized spacial score (nSPS) is 9.42. The topological polar surface area (TPSA) is 27.0 Å². The molecule has 3 heteroatoms. The number of alkyl halides is 1. The van der Waals surface area contributed by atoms with E-state index in [1.54, 1.807) is 0 Å². The second kappa shape index (κ2) is 8.86. The second-order valence-corrected chi connectivity index (χ2v) is 3.63. The van der Waals surface area contributed by atoms with Crippen molar-refractivity contribution < 1.29 is 0 Å². The maximum absolute atomic E-state index is 8.67. The van der Waals surface area contributed by atoms with E-state index in [2.05, 4.69) is 29.0 Å². The van der Waals surface area contributed by atoms with E-state index in [9.17, 15) is 0 Å². The third-order valence-corrected chi connectivity index (χ3v) is 2.13. The van der Waals surface area contributed by atoms with Crippen LogP contribution in [0.15, 0.2) is 0 Å². The lowest BCUT2D eigenvalue weighted by Crippen LogP contribution is -2.21. The molecule has 0 aromatic carbocycles. The highest BCUT2D eigenvalue weighted by molar-refractivity contribution is 9.09. The fourth-order valence-electron chi connectivity index (χ4n) is 1.04. The fourth-order valence-corrected chi connectivity index (χ4v) is 1.47. The maximum atomic E-state index is 8.67. The summed E-state index contributed by atoms with van der Waals surface area (Å²) in [4.78, 5) is 1.81. The quantitative estimate of drug-likeness (QED) is 0.292. The van der Waals surface area contributed by atoms with E-state index in [0.29, 0.717) is 0 Å². The van der Waals surface area contributed by atoms with Crippen molar-refractivity contribution in [1.82, 2.24) is 4.90 Å². The summed E-state index contributed by atoms with van der Waals surface area (Å²) in [5.41, 5.74) is 0. The number of nitriles is 1. The number of halogens is 1. The first-order chi connectivity index (χ1) is 5.85. The molecule has 0 atom stereocenters. The molecular weight excluding hydrogens is 216 g/mol. The van der Waals surface area contributed by atoms with Crippen molar-refractivity contribution in [1.29, 1.82) is 5.26 Å². The summed E-state index contributed by atoms with van der Waals surface area (Å²) in [5.74, 6) is 0. The van der Waals surface area contributed by atoms with E-state index in [4.69, 9.17) is 5.26 Å². The van der Waals surface area contributed by atoms with Crippen LogP contribution in [-0.2, 0) is 0 Å². The molecule has 0 aliphatic rings. The highest BCUT2D eigenvalue weighted by atomic mass is 79.9. The molecule has 0 aliphatic carbocycles. The van der Waals surface area contributed by atoms with Gasteiger partial charge < -0.3 is 4.90 Å². The number of nitrogens with zero attached hydrogens (tertiary/aromatic N) is 2. The number of rotatable bonds is 7. The standard InChI is InChI=1S/C9H17BrN2/c1-2-3-4-5-7-12(9-11)8-6-10/h2-8H2,1H3. The third kappa shape index (κ3) is 6.48. The Kier molecular flexibility index (Phi) is 8.69. The lowest BCUT2D eigenvalue weighted by atomic mass is 10.2. The monoisotopic (exact) mass is 232 g/mol. The summed E-state index contributed by atoms with van der Waals surface area (Å²) in [7, 11) is 0. The zero-order chi connectivity index (χ0) is 9.23. The molecule has 0 aliphatic heterocycles. The Morgan fingerprint density at radius 2 is 2.00 bits per heavy atom. The van der Waals surface area contributed by atoms with Crippen LogP contribution >= 0.6 is 15.9 Å². The molecule has 2 nitrogen and oxygen atoms in total. The van der Waals surface area contributed by atoms with Crippen molar-refractivity contribution in [2.24, 2.45) is 0 Å². The van der Waals surface area contributed by atoms with Crippen LogP contribution in [0, 0.1) is 11.5 Å². The molecule has 0 unspecified atom stereocenters. The van der Waals surface area contributed by atoms with Crippen LogP contribution in [-0.4, -0.2) is 23.3 Å². The summed E-state index contributed by atoms with van der Waals surface area (Å²) in [6.45, 7) is 3.95. The van der Waals surface area contributed by atoms with Crippen molar-refractivity contribution in [2.45, 2.75) is 32.6 Å². The first kappa shape index (κ1) is 11.8. The molecular formula is C9H17BrN2. The maximum Gasteiger partial charge on any atom is 0.179 e. The van der Waals surface area contributed by atoms with Crippen molar-refractivity contribution in [3.8, 4) is 6.19 Å². The zero-order valence-electron chi connectivity index (χ0n) is 7.72. The molecule has 0 spiro atoms. The smallest absolute Gasteiger partial charge is 0.179 e. The Labute approximate surface area is 83.7 Å². The molecule has 0 amide bonds. The van der Waals surface area contributed by atoms with Gasteiger partial charge in [0.1, 0.15) is 0 Å². The predicted molar refractivity (Wildman–Crippen MR) is 55.1 cm³/mol. The van der Waals surface area contributed by atoms with Gasteiger partial charge in [-0.3, -0.25) is 0 Å². The minimum atomic E-state index is 0.836. The number of hydrogen-bond acceptors (Lipinski definition) is 2. The van der Waals surface area contributed by atoms with E-state index in [1.807, 2.05) is 4.90 Å². The third-order valence-electron chi connectivity index (χ3n) is 1.78. The average molecular weight is 233 g/mol. The molecule has 0 saturated carbocycles. The number of unbranched alkanes of at least 4 members (excludes halogenated alkanes) is 3. The van der Waals surface area contributed by atoms with Crippen molar-refractivity contribution in [3.63, 3.8) is 0 Å². The summed E-state index contributed by atoms with van der Waals surface area (Å²) < 4.78 is 0. The van der Waals surface area contributed by atoms with Crippen molar-refractivity contribution in [2.75, 3.05) is 18.4 Å². The molecule has 70 valence electrons. The van der Waals surface area contributed by atoms with E-state index in [0.717, 1.165) is 24.8 Å². The number of hydrogen-bond donors (Lipinski definition) is 0. The minimum Gasteiger partial charge on any atom is -0.310 e. The highest BCUT2D eigenvalue weighted by Gasteiger charge is 1.98. The lowest BCUT2D eigenvalue weighted by Gasteiger charge is -2.12. The molecule has 0 radical (unpaired) electrons. The molecule has 0 fully saturated rings. The van der Waals surface area contributed by atoms with E-state index >= 15 is 0 Å². The van der Waals surface area contributed by atoms with Crippen LogP contribution in [0.3, 0.4) is 0 Å². The van der Waals surface area contributed by atoms with Gasteiger partial charge in [0.05, 0.1) is 0 Å². The molecule has 0 rings (SSSR count). The fraction of sp³-hybridized carbons (Fsp3) is 0.889. The van der Waals surface area contributed by atoms with Gasteiger partial charge in [-0.1, -0.05) is 42.1 Å². The Morgan fingerprint density at radius 1 is 1.25 bits per heavy atom. The van der Waals surface area contributed by atoms with Crippen LogP contribution in [0.1, 0.15) is 32.6 Å². The second-order valence-electron chi connectivity index (χ2n) is 2.84. The Bertz CT molecular complexity index is 131. The van der Waals surface area contributed by atoms with Gasteiger partial charge in [0.25, 0.3) is 0 Å². The van der Waals surface area contributed by atoms with Crippen LogP contribution < -0.4 is 0 Å². The largest absolute Gasteiger partial charge is 0.310 e. The molecule has 0 heterocycles. The van der Waals surface area contributed by atoms with E-state index < -0.39 is 0 Å². The van der Waals surface area contributed by atoms with Crippen LogP contribution in [0.4, 0.5) is 0 Å². The first-order valence-electron chi connectivity index (χ1n) is 4.55. The Morgan fingerprint density at radius 3 is 2.50 bits per heavy atom. The average Bonchev–Trinajstić information content (AvgIpc) is 2.10. The van der Waals surface area contributed by atoms with Crippen molar-refractivity contribution >= 4 is 15.9 Å². The summed E-state index contributed by atoms with van der Waals surface area (Å²) in [6.07, 6.45) is 7.12. The van der Waals surface area contributed by atoms with Gasteiger partial charge in [0.2, 0.25) is 0 Å². The first-order valence-corrected chi connectivity index (χ1v) is 5.68. The molecule has 12 heavy (non-hydrogen) atoms. The van der Waals surface area contributed by atoms with Gasteiger partial charge in [-0.2, -0.15) is 5.26 Å². The van der Waals surface area contributed by atoms with Crippen molar-refractivity contribution in [3.05, 3.63) is 0 Å². The van der Waals surface area contributed by atoms with Gasteiger partial charge in [-0.15, -0.1) is 0 Å². The van der Waals surface area contributed by atoms with Gasteiger partial charge in [0, 0.05) is 18.4 Å². The molecule has 0 N–H and O–H groups in total. The van der Waals surface area contributed by atoms with Gasteiger partial charge >= 0.3 is 0 Å². The molecule has 0 bridgehead atoms. The summed E-state index contributed by atoms with van der Waals surface area (Å²) in [6, 6.07) is 0. The van der Waals surface area contributed by atoms with Gasteiger partial charge in [-0.25, -0.2) is 0 Å². The molecule has 0 saturated heterocycles. The van der Waals surface area contributed by atoms with E-state index in [1.165, 1.54) is 19.3 Å². The van der Waals surface area contributed by atoms with E-state index in [-0.39, 0.29) is 0 Å². The Hall–Kier alpha value is -0.230. The van der Waals surface area contributed by atoms with Crippen LogP contribution in [0.25, 0.3) is 0 Å². The molecule has 0 aromatic rings. The lowest BCUT2D eigenvalue weighted by molar-refractivity contribution is 0.399. The minimum absolute atomic E-state index is 0.836. The summed E-state index contributed by atoms with van der Waals surface area (Å²) >= 11 is 3.32. The SMILES string of the molecule is CCCCCCN(C#N)CCBr. The zero-order valence-corrected chi connectivity index (χ0v) is 9.31. The van der Waals surface area contributed by atoms with Gasteiger partial charge in [-0.05, 0) is 6.42 Å². The highest BCUT2D eigenvalue weighted by Crippen LogP contribution is 2.00. The summed E-state index contributed by atoms with van der Waals surface area (Å²) in [5, 5.41) is 9.55. The van der Waals surface area contributed by atoms with Crippen LogP contribution in [0.5, 0.6) is 0 Å².